The molecule has 0 aromatic carbocycles. The van der Waals surface area contributed by atoms with Gasteiger partial charge in [-0.3, -0.25) is 0 Å². The minimum Gasteiger partial charge on any atom is -0.379 e. The number of rotatable bonds is 5. The maximum atomic E-state index is 8.71. The topological polar surface area (TPSA) is 33.0 Å². The van der Waals surface area contributed by atoms with Crippen LogP contribution < -0.4 is 0 Å². The Labute approximate surface area is 81.9 Å². The molecule has 76 valence electrons. The molecule has 0 aromatic heterocycles. The van der Waals surface area contributed by atoms with E-state index in [0.29, 0.717) is 6.42 Å². The van der Waals surface area contributed by atoms with E-state index in [9.17, 15) is 0 Å². The first-order chi connectivity index (χ1) is 5.89. The van der Waals surface area contributed by atoms with Gasteiger partial charge in [0.25, 0.3) is 0 Å². The number of nitrogens with zero attached hydrogens (tertiary/aromatic N) is 1. The Morgan fingerprint density at radius 2 is 1.85 bits per heavy atom. The summed E-state index contributed by atoms with van der Waals surface area (Å²) in [4.78, 5) is 0. The van der Waals surface area contributed by atoms with Gasteiger partial charge in [-0.15, -0.1) is 0 Å². The van der Waals surface area contributed by atoms with Crippen molar-refractivity contribution >= 4 is 0 Å². The fourth-order valence-electron chi connectivity index (χ4n) is 1.60. The lowest BCUT2D eigenvalue weighted by atomic mass is 9.76. The Balaban J connectivity index is 4.36. The van der Waals surface area contributed by atoms with Gasteiger partial charge in [0.1, 0.15) is 0 Å². The van der Waals surface area contributed by atoms with Crippen LogP contribution in [-0.4, -0.2) is 12.7 Å². The first-order valence-corrected chi connectivity index (χ1v) is 4.81. The Kier molecular flexibility index (Phi) is 4.43. The zero-order valence-corrected chi connectivity index (χ0v) is 9.48. The molecule has 0 heterocycles. The van der Waals surface area contributed by atoms with Gasteiger partial charge in [-0.1, -0.05) is 13.8 Å². The van der Waals surface area contributed by atoms with Crippen molar-refractivity contribution in [3.8, 4) is 6.07 Å². The summed E-state index contributed by atoms with van der Waals surface area (Å²) in [5, 5.41) is 8.71. The molecule has 0 radical (unpaired) electrons. The highest BCUT2D eigenvalue weighted by Gasteiger charge is 2.30. The van der Waals surface area contributed by atoms with Crippen molar-refractivity contribution in [1.29, 1.82) is 5.26 Å². The number of methoxy groups -OCH3 is 1. The molecule has 0 spiro atoms. The van der Waals surface area contributed by atoms with Crippen LogP contribution in [0.4, 0.5) is 0 Å². The fraction of sp³-hybridized carbons (Fsp3) is 0.909. The van der Waals surface area contributed by atoms with E-state index in [0.717, 1.165) is 12.8 Å². The summed E-state index contributed by atoms with van der Waals surface area (Å²) in [6.07, 6.45) is 2.56. The number of nitriles is 1. The third-order valence-electron chi connectivity index (χ3n) is 2.76. The molecule has 0 bridgehead atoms. The van der Waals surface area contributed by atoms with E-state index < -0.39 is 0 Å². The molecule has 0 aliphatic rings. The van der Waals surface area contributed by atoms with Crippen molar-refractivity contribution < 1.29 is 4.74 Å². The van der Waals surface area contributed by atoms with Crippen LogP contribution >= 0.6 is 0 Å². The van der Waals surface area contributed by atoms with E-state index >= 15 is 0 Å². The predicted octanol–water partition coefficient (Wildman–Crippen LogP) is 3.13. The summed E-state index contributed by atoms with van der Waals surface area (Å²) < 4.78 is 5.37. The van der Waals surface area contributed by atoms with Crippen LogP contribution in [0.3, 0.4) is 0 Å². The molecular weight excluding hydrogens is 162 g/mol. The van der Waals surface area contributed by atoms with Crippen molar-refractivity contribution in [2.24, 2.45) is 5.41 Å². The third-order valence-corrected chi connectivity index (χ3v) is 2.76. The average Bonchev–Trinajstić information content (AvgIpc) is 2.04. The van der Waals surface area contributed by atoms with Gasteiger partial charge < -0.3 is 4.74 Å². The summed E-state index contributed by atoms with van der Waals surface area (Å²) in [5.74, 6) is 0. The minimum absolute atomic E-state index is 0.0915. The summed E-state index contributed by atoms with van der Waals surface area (Å²) >= 11 is 0. The van der Waals surface area contributed by atoms with Crippen molar-refractivity contribution in [1.82, 2.24) is 0 Å². The predicted molar refractivity (Wildman–Crippen MR) is 54.3 cm³/mol. The van der Waals surface area contributed by atoms with Crippen LogP contribution in [0, 0.1) is 16.7 Å². The van der Waals surface area contributed by atoms with E-state index in [1.807, 2.05) is 0 Å². The second-order valence-corrected chi connectivity index (χ2v) is 4.64. The monoisotopic (exact) mass is 183 g/mol. The highest BCUT2D eigenvalue weighted by Crippen LogP contribution is 2.35. The van der Waals surface area contributed by atoms with Crippen LogP contribution in [0.25, 0.3) is 0 Å². The Bertz CT molecular complexity index is 193. The second-order valence-electron chi connectivity index (χ2n) is 4.64. The molecule has 0 aliphatic heterocycles. The quantitative estimate of drug-likeness (QED) is 0.656. The van der Waals surface area contributed by atoms with E-state index in [1.54, 1.807) is 7.11 Å². The van der Waals surface area contributed by atoms with Gasteiger partial charge in [0.15, 0.2) is 0 Å². The lowest BCUT2D eigenvalue weighted by Gasteiger charge is -2.34. The number of hydrogen-bond donors (Lipinski definition) is 0. The van der Waals surface area contributed by atoms with Gasteiger partial charge >= 0.3 is 0 Å². The maximum Gasteiger partial charge on any atom is 0.0628 e. The zero-order valence-electron chi connectivity index (χ0n) is 9.48. The highest BCUT2D eigenvalue weighted by atomic mass is 16.5. The lowest BCUT2D eigenvalue weighted by Crippen LogP contribution is -2.31. The largest absolute Gasteiger partial charge is 0.379 e. The SMILES string of the molecule is CCC(C)(CC#N)CC(C)(C)OC. The van der Waals surface area contributed by atoms with Crippen molar-refractivity contribution in [3.05, 3.63) is 0 Å². The average molecular weight is 183 g/mol. The molecule has 13 heavy (non-hydrogen) atoms. The van der Waals surface area contributed by atoms with E-state index in [4.69, 9.17) is 10.00 Å². The van der Waals surface area contributed by atoms with Gasteiger partial charge in [-0.25, -0.2) is 0 Å². The first-order valence-electron chi connectivity index (χ1n) is 4.81. The van der Waals surface area contributed by atoms with Gasteiger partial charge in [0, 0.05) is 13.5 Å². The molecule has 1 atom stereocenters. The molecule has 0 amide bonds. The van der Waals surface area contributed by atoms with Crippen molar-refractivity contribution in [2.75, 3.05) is 7.11 Å². The summed E-state index contributed by atoms with van der Waals surface area (Å²) in [7, 11) is 1.72. The third kappa shape index (κ3) is 4.28. The molecule has 0 saturated heterocycles. The number of hydrogen-bond acceptors (Lipinski definition) is 2. The summed E-state index contributed by atoms with van der Waals surface area (Å²) in [6.45, 7) is 8.41. The molecule has 0 saturated carbocycles. The molecule has 0 aliphatic carbocycles. The van der Waals surface area contributed by atoms with Gasteiger partial charge in [-0.05, 0) is 32.1 Å². The molecule has 0 aromatic rings. The van der Waals surface area contributed by atoms with Crippen molar-refractivity contribution in [3.63, 3.8) is 0 Å². The van der Waals surface area contributed by atoms with Gasteiger partial charge in [0.05, 0.1) is 11.7 Å². The highest BCUT2D eigenvalue weighted by molar-refractivity contribution is 4.89. The van der Waals surface area contributed by atoms with Crippen LogP contribution in [-0.2, 0) is 4.74 Å². The van der Waals surface area contributed by atoms with Gasteiger partial charge in [0.2, 0.25) is 0 Å². The van der Waals surface area contributed by atoms with E-state index in [2.05, 4.69) is 33.8 Å². The van der Waals surface area contributed by atoms with Crippen LogP contribution in [0.1, 0.15) is 47.0 Å². The molecule has 0 N–H and O–H groups in total. The summed E-state index contributed by atoms with van der Waals surface area (Å²) in [5.41, 5.74) is -0.0319. The fourth-order valence-corrected chi connectivity index (χ4v) is 1.60. The smallest absolute Gasteiger partial charge is 0.0628 e. The van der Waals surface area contributed by atoms with Gasteiger partial charge in [-0.2, -0.15) is 5.26 Å². The summed E-state index contributed by atoms with van der Waals surface area (Å²) in [6, 6.07) is 2.25. The number of ether oxygens (including phenoxy) is 1. The van der Waals surface area contributed by atoms with E-state index in [-0.39, 0.29) is 11.0 Å². The van der Waals surface area contributed by atoms with Crippen LogP contribution in [0.5, 0.6) is 0 Å². The molecule has 2 nitrogen and oxygen atoms in total. The second kappa shape index (κ2) is 4.62. The normalized spacial score (nSPS) is 16.3. The molecule has 2 heteroatoms. The minimum atomic E-state index is -0.123. The first kappa shape index (κ1) is 12.4. The van der Waals surface area contributed by atoms with Crippen LogP contribution in [0.2, 0.25) is 0 Å². The lowest BCUT2D eigenvalue weighted by molar-refractivity contribution is -0.0167. The standard InChI is InChI=1S/C11H21NO/c1-6-11(4,7-8-12)9-10(2,3)13-5/h6-7,9H2,1-5H3. The molecule has 0 fully saturated rings. The van der Waals surface area contributed by atoms with Crippen LogP contribution in [0.15, 0.2) is 0 Å². The van der Waals surface area contributed by atoms with Crippen molar-refractivity contribution in [2.45, 2.75) is 52.6 Å². The Hall–Kier alpha value is -0.550. The zero-order chi connectivity index (χ0) is 10.5. The maximum absolute atomic E-state index is 8.71. The molecule has 0 rings (SSSR count). The molecular formula is C11H21NO. The molecule has 1 unspecified atom stereocenters. The Morgan fingerprint density at radius 1 is 1.31 bits per heavy atom. The van der Waals surface area contributed by atoms with E-state index in [1.165, 1.54) is 0 Å². The Morgan fingerprint density at radius 3 is 2.15 bits per heavy atom.